The van der Waals surface area contributed by atoms with E-state index in [1.807, 2.05) is 30.7 Å². The van der Waals surface area contributed by atoms with Crippen molar-refractivity contribution in [1.29, 1.82) is 0 Å². The van der Waals surface area contributed by atoms with Gasteiger partial charge in [-0.05, 0) is 62.6 Å². The molecule has 1 N–H and O–H groups in total. The lowest BCUT2D eigenvalue weighted by molar-refractivity contribution is 0.0949. The Kier molecular flexibility index (Phi) is 4.77. The van der Waals surface area contributed by atoms with Gasteiger partial charge in [-0.25, -0.2) is 4.98 Å². The maximum absolute atomic E-state index is 13.2. The predicted octanol–water partition coefficient (Wildman–Crippen LogP) is 2.94. The summed E-state index contributed by atoms with van der Waals surface area (Å²) in [4.78, 5) is 36.3. The SMILES string of the molecule is CC(C)n1cnc([C@H]2CN(C(=O)c3ccccn3)c3ccc(C(=O)NC4CC4)cc32)n1. The second-order valence-corrected chi connectivity index (χ2v) is 8.38. The number of nitrogens with one attached hydrogen (secondary N) is 1. The topological polar surface area (TPSA) is 93.0 Å². The van der Waals surface area contributed by atoms with Crippen molar-refractivity contribution < 1.29 is 9.59 Å². The number of anilines is 1. The molecule has 3 aromatic rings. The van der Waals surface area contributed by atoms with Crippen molar-refractivity contribution in [3.63, 3.8) is 0 Å². The number of rotatable bonds is 5. The molecule has 2 amide bonds. The molecule has 1 aliphatic heterocycles. The molecule has 3 heterocycles. The number of aromatic nitrogens is 4. The Balaban J connectivity index is 1.53. The molecule has 1 saturated carbocycles. The Morgan fingerprint density at radius 2 is 1.97 bits per heavy atom. The minimum absolute atomic E-state index is 0.0841. The molecule has 2 aliphatic rings. The van der Waals surface area contributed by atoms with Crippen LogP contribution in [0.25, 0.3) is 0 Å². The van der Waals surface area contributed by atoms with Gasteiger partial charge < -0.3 is 10.2 Å². The largest absolute Gasteiger partial charge is 0.349 e. The fourth-order valence-electron chi connectivity index (χ4n) is 3.83. The minimum atomic E-state index is -0.212. The van der Waals surface area contributed by atoms with Crippen LogP contribution in [0.5, 0.6) is 0 Å². The molecule has 0 spiro atoms. The van der Waals surface area contributed by atoms with E-state index in [-0.39, 0.29) is 29.8 Å². The maximum atomic E-state index is 13.2. The van der Waals surface area contributed by atoms with E-state index in [1.54, 1.807) is 41.7 Å². The lowest BCUT2D eigenvalue weighted by atomic mass is 9.98. The number of nitrogens with zero attached hydrogens (tertiary/aromatic N) is 5. The standard InChI is InChI=1S/C23H24N6O2/c1-14(2)29-13-25-21(27-29)18-12-28(23(31)19-5-3-4-10-24-19)20-9-6-15(11-17(18)20)22(30)26-16-7-8-16/h3-6,9-11,13-14,16,18H,7-8,12H2,1-2H3,(H,26,30)/t18-/m0/s1. The Morgan fingerprint density at radius 1 is 1.13 bits per heavy atom. The highest BCUT2D eigenvalue weighted by molar-refractivity contribution is 6.07. The molecular formula is C23H24N6O2. The van der Waals surface area contributed by atoms with Gasteiger partial charge in [-0.15, -0.1) is 0 Å². The first-order chi connectivity index (χ1) is 15.0. The highest BCUT2D eigenvalue weighted by Gasteiger charge is 2.37. The fourth-order valence-corrected chi connectivity index (χ4v) is 3.83. The second kappa shape index (κ2) is 7.61. The van der Waals surface area contributed by atoms with E-state index in [2.05, 4.69) is 20.4 Å². The van der Waals surface area contributed by atoms with Crippen LogP contribution in [0.2, 0.25) is 0 Å². The lowest BCUT2D eigenvalue weighted by Crippen LogP contribution is -2.30. The molecule has 158 valence electrons. The van der Waals surface area contributed by atoms with Gasteiger partial charge >= 0.3 is 0 Å². The van der Waals surface area contributed by atoms with Crippen LogP contribution in [0.4, 0.5) is 5.69 Å². The van der Waals surface area contributed by atoms with Crippen LogP contribution >= 0.6 is 0 Å². The van der Waals surface area contributed by atoms with Crippen molar-refractivity contribution in [1.82, 2.24) is 25.1 Å². The molecule has 5 rings (SSSR count). The highest BCUT2D eigenvalue weighted by atomic mass is 16.2. The maximum Gasteiger partial charge on any atom is 0.276 e. The van der Waals surface area contributed by atoms with Crippen molar-refractivity contribution in [2.75, 3.05) is 11.4 Å². The van der Waals surface area contributed by atoms with E-state index in [4.69, 9.17) is 0 Å². The van der Waals surface area contributed by atoms with Crippen molar-refractivity contribution in [2.24, 2.45) is 0 Å². The van der Waals surface area contributed by atoms with Crippen LogP contribution < -0.4 is 10.2 Å². The number of hydrogen-bond acceptors (Lipinski definition) is 5. The van der Waals surface area contributed by atoms with E-state index in [0.717, 1.165) is 24.1 Å². The normalized spacial score (nSPS) is 17.6. The Hall–Kier alpha value is -3.55. The summed E-state index contributed by atoms with van der Waals surface area (Å²) in [5, 5.41) is 7.67. The molecule has 1 aromatic carbocycles. The van der Waals surface area contributed by atoms with Crippen LogP contribution in [0.3, 0.4) is 0 Å². The molecule has 1 atom stereocenters. The predicted molar refractivity (Wildman–Crippen MR) is 115 cm³/mol. The van der Waals surface area contributed by atoms with Gasteiger partial charge in [0.1, 0.15) is 12.0 Å². The molecule has 2 aromatic heterocycles. The van der Waals surface area contributed by atoms with E-state index < -0.39 is 0 Å². The van der Waals surface area contributed by atoms with Gasteiger partial charge in [0.25, 0.3) is 11.8 Å². The zero-order chi connectivity index (χ0) is 21.5. The van der Waals surface area contributed by atoms with Crippen LogP contribution in [-0.4, -0.2) is 44.1 Å². The van der Waals surface area contributed by atoms with Crippen LogP contribution in [-0.2, 0) is 0 Å². The van der Waals surface area contributed by atoms with Crippen molar-refractivity contribution in [3.05, 3.63) is 71.6 Å². The number of amides is 2. The molecule has 1 aliphatic carbocycles. The number of carbonyl (C=O) groups is 2. The zero-order valence-corrected chi connectivity index (χ0v) is 17.5. The Morgan fingerprint density at radius 3 is 2.65 bits per heavy atom. The third-order valence-electron chi connectivity index (χ3n) is 5.73. The first-order valence-corrected chi connectivity index (χ1v) is 10.6. The van der Waals surface area contributed by atoms with Gasteiger partial charge in [-0.2, -0.15) is 5.10 Å². The van der Waals surface area contributed by atoms with Crippen molar-refractivity contribution in [2.45, 2.75) is 44.7 Å². The monoisotopic (exact) mass is 416 g/mol. The summed E-state index contributed by atoms with van der Waals surface area (Å²) in [5.41, 5.74) is 2.62. The fraction of sp³-hybridized carbons (Fsp3) is 0.348. The summed E-state index contributed by atoms with van der Waals surface area (Å²) in [5.74, 6) is 0.171. The van der Waals surface area contributed by atoms with Gasteiger partial charge in [0, 0.05) is 36.1 Å². The van der Waals surface area contributed by atoms with Crippen LogP contribution in [0.15, 0.2) is 48.9 Å². The lowest BCUT2D eigenvalue weighted by Gasteiger charge is -2.17. The third-order valence-corrected chi connectivity index (χ3v) is 5.73. The zero-order valence-electron chi connectivity index (χ0n) is 17.5. The van der Waals surface area contributed by atoms with Gasteiger partial charge in [-0.1, -0.05) is 6.07 Å². The molecule has 31 heavy (non-hydrogen) atoms. The summed E-state index contributed by atoms with van der Waals surface area (Å²) in [6.07, 6.45) is 5.38. The Labute approximate surface area is 180 Å². The smallest absolute Gasteiger partial charge is 0.276 e. The summed E-state index contributed by atoms with van der Waals surface area (Å²) >= 11 is 0. The van der Waals surface area contributed by atoms with E-state index in [0.29, 0.717) is 23.6 Å². The van der Waals surface area contributed by atoms with Crippen LogP contribution in [0.1, 0.15) is 70.9 Å². The molecule has 8 heteroatoms. The van der Waals surface area contributed by atoms with Gasteiger partial charge in [0.05, 0.1) is 5.92 Å². The van der Waals surface area contributed by atoms with Gasteiger partial charge in [-0.3, -0.25) is 19.3 Å². The number of benzene rings is 1. The summed E-state index contributed by atoms with van der Waals surface area (Å²) in [6, 6.07) is 11.2. The first-order valence-electron chi connectivity index (χ1n) is 10.6. The van der Waals surface area contributed by atoms with Crippen molar-refractivity contribution >= 4 is 17.5 Å². The van der Waals surface area contributed by atoms with Crippen LogP contribution in [0, 0.1) is 0 Å². The highest BCUT2D eigenvalue weighted by Crippen LogP contribution is 2.40. The van der Waals surface area contributed by atoms with E-state index >= 15 is 0 Å². The third kappa shape index (κ3) is 3.69. The minimum Gasteiger partial charge on any atom is -0.349 e. The quantitative estimate of drug-likeness (QED) is 0.690. The molecule has 0 radical (unpaired) electrons. The average molecular weight is 416 g/mol. The van der Waals surface area contributed by atoms with E-state index in [1.165, 1.54) is 0 Å². The molecule has 8 nitrogen and oxygen atoms in total. The number of hydrogen-bond donors (Lipinski definition) is 1. The summed E-state index contributed by atoms with van der Waals surface area (Å²) < 4.78 is 1.81. The molecule has 0 unspecified atom stereocenters. The number of carbonyl (C=O) groups excluding carboxylic acids is 2. The molecule has 1 fully saturated rings. The average Bonchev–Trinajstić information content (AvgIpc) is 3.32. The van der Waals surface area contributed by atoms with Gasteiger partial charge in [0.2, 0.25) is 0 Å². The second-order valence-electron chi connectivity index (χ2n) is 8.38. The van der Waals surface area contributed by atoms with Crippen molar-refractivity contribution in [3.8, 4) is 0 Å². The Bertz CT molecular complexity index is 1140. The molecule has 0 saturated heterocycles. The number of pyridine rings is 1. The van der Waals surface area contributed by atoms with Gasteiger partial charge in [0.15, 0.2) is 5.82 Å². The van der Waals surface area contributed by atoms with E-state index in [9.17, 15) is 9.59 Å². The number of fused-ring (bicyclic) bond motifs is 1. The first kappa shape index (κ1) is 19.4. The summed E-state index contributed by atoms with van der Waals surface area (Å²) in [6.45, 7) is 4.48. The molecular weight excluding hydrogens is 392 g/mol. The molecule has 0 bridgehead atoms. The summed E-state index contributed by atoms with van der Waals surface area (Å²) in [7, 11) is 0.